The van der Waals surface area contributed by atoms with E-state index in [0.717, 1.165) is 0 Å². The van der Waals surface area contributed by atoms with Crippen LogP contribution in [-0.4, -0.2) is 6.29 Å². The van der Waals surface area contributed by atoms with Crippen molar-refractivity contribution in [1.82, 2.24) is 0 Å². The van der Waals surface area contributed by atoms with Crippen LogP contribution in [0.4, 0.5) is 22.0 Å². The number of aldehydes is 1. The van der Waals surface area contributed by atoms with Gasteiger partial charge in [-0.25, -0.2) is 8.78 Å². The van der Waals surface area contributed by atoms with Gasteiger partial charge in [0.25, 0.3) is 0 Å². The molecule has 1 rings (SSSR count). The van der Waals surface area contributed by atoms with Crippen LogP contribution in [0, 0.1) is 11.6 Å². The molecule has 0 saturated heterocycles. The molecule has 0 N–H and O–H groups in total. The Morgan fingerprint density at radius 2 is 1.60 bits per heavy atom. The summed E-state index contributed by atoms with van der Waals surface area (Å²) in [7, 11) is 0. The second-order valence-electron chi connectivity index (χ2n) is 2.79. The molecule has 0 amide bonds. The Labute approximate surface area is 81.5 Å². The van der Waals surface area contributed by atoms with E-state index in [0.29, 0.717) is 0 Å². The molecule has 6 heteroatoms. The summed E-state index contributed by atoms with van der Waals surface area (Å²) >= 11 is 0. The normalized spacial score (nSPS) is 11.5. The predicted molar refractivity (Wildman–Crippen MR) is 41.1 cm³/mol. The Hall–Kier alpha value is -1.46. The van der Waals surface area contributed by atoms with E-state index in [4.69, 9.17) is 0 Å². The molecule has 0 aliphatic carbocycles. The Balaban J connectivity index is 3.25. The fraction of sp³-hybridized carbons (Fsp3) is 0.222. The topological polar surface area (TPSA) is 17.1 Å². The van der Waals surface area contributed by atoms with Crippen LogP contribution in [0.5, 0.6) is 0 Å². The molecule has 82 valence electrons. The van der Waals surface area contributed by atoms with Gasteiger partial charge in [-0.05, 0) is 12.1 Å². The first-order valence-electron chi connectivity index (χ1n) is 3.85. The highest BCUT2D eigenvalue weighted by molar-refractivity contribution is 5.55. The van der Waals surface area contributed by atoms with Crippen LogP contribution in [0.2, 0.25) is 0 Å². The molecule has 1 aromatic rings. The van der Waals surface area contributed by atoms with Crippen molar-refractivity contribution in [2.45, 2.75) is 12.6 Å². The van der Waals surface area contributed by atoms with Gasteiger partial charge in [0.2, 0.25) is 0 Å². The van der Waals surface area contributed by atoms with Gasteiger partial charge in [-0.2, -0.15) is 13.2 Å². The number of rotatable bonds is 2. The van der Waals surface area contributed by atoms with Crippen molar-refractivity contribution in [3.8, 4) is 0 Å². The van der Waals surface area contributed by atoms with E-state index in [1.807, 2.05) is 0 Å². The molecular formula is C9H5F5O. The van der Waals surface area contributed by atoms with Gasteiger partial charge in [0, 0.05) is 12.0 Å². The summed E-state index contributed by atoms with van der Waals surface area (Å²) < 4.78 is 62.0. The number of halogens is 5. The number of alkyl halides is 3. The molecule has 0 saturated carbocycles. The van der Waals surface area contributed by atoms with Gasteiger partial charge in [0.1, 0.15) is 17.9 Å². The van der Waals surface area contributed by atoms with E-state index >= 15 is 0 Å². The molecule has 1 aromatic carbocycles. The van der Waals surface area contributed by atoms with Crippen LogP contribution in [0.15, 0.2) is 12.1 Å². The summed E-state index contributed by atoms with van der Waals surface area (Å²) in [5.74, 6) is -2.73. The first kappa shape index (κ1) is 11.6. The first-order chi connectivity index (χ1) is 6.86. The van der Waals surface area contributed by atoms with Gasteiger partial charge in [-0.15, -0.1) is 0 Å². The minimum atomic E-state index is -4.80. The quantitative estimate of drug-likeness (QED) is 0.557. The zero-order valence-corrected chi connectivity index (χ0v) is 7.24. The van der Waals surface area contributed by atoms with Crippen LogP contribution in [0.1, 0.15) is 11.1 Å². The second kappa shape index (κ2) is 3.96. The Morgan fingerprint density at radius 1 is 1.13 bits per heavy atom. The molecule has 0 fully saturated rings. The summed E-state index contributed by atoms with van der Waals surface area (Å²) in [6, 6.07) is 0.337. The van der Waals surface area contributed by atoms with Crippen molar-refractivity contribution in [2.24, 2.45) is 0 Å². The number of hydrogen-bond acceptors (Lipinski definition) is 1. The van der Waals surface area contributed by atoms with Crippen molar-refractivity contribution in [2.75, 3.05) is 0 Å². The lowest BCUT2D eigenvalue weighted by atomic mass is 10.1. The van der Waals surface area contributed by atoms with E-state index in [-0.39, 0.29) is 18.4 Å². The predicted octanol–water partition coefficient (Wildman–Crippen LogP) is 2.73. The highest BCUT2D eigenvalue weighted by Gasteiger charge is 2.32. The summed E-state index contributed by atoms with van der Waals surface area (Å²) in [5.41, 5.74) is -2.06. The number of carbonyl (C=O) groups excluding carboxylic acids is 1. The van der Waals surface area contributed by atoms with Crippen LogP contribution >= 0.6 is 0 Å². The second-order valence-corrected chi connectivity index (χ2v) is 2.79. The summed E-state index contributed by atoms with van der Waals surface area (Å²) in [6.45, 7) is 0. The number of benzene rings is 1. The minimum Gasteiger partial charge on any atom is -0.303 e. The van der Waals surface area contributed by atoms with Gasteiger partial charge < -0.3 is 4.79 Å². The lowest BCUT2D eigenvalue weighted by molar-refractivity contribution is -0.138. The van der Waals surface area contributed by atoms with Gasteiger partial charge in [-0.1, -0.05) is 0 Å². The third-order valence-corrected chi connectivity index (χ3v) is 1.76. The van der Waals surface area contributed by atoms with Crippen LogP contribution in [0.25, 0.3) is 0 Å². The van der Waals surface area contributed by atoms with Crippen LogP contribution in [0.3, 0.4) is 0 Å². The fourth-order valence-corrected chi connectivity index (χ4v) is 1.05. The maximum absolute atomic E-state index is 12.9. The summed E-state index contributed by atoms with van der Waals surface area (Å²) in [5, 5.41) is 0. The van der Waals surface area contributed by atoms with Gasteiger partial charge >= 0.3 is 6.18 Å². The molecule has 0 unspecified atom stereocenters. The zero-order chi connectivity index (χ0) is 11.6. The average molecular weight is 224 g/mol. The van der Waals surface area contributed by atoms with Crippen molar-refractivity contribution in [1.29, 1.82) is 0 Å². The Bertz CT molecular complexity index is 360. The highest BCUT2D eigenvalue weighted by atomic mass is 19.4. The maximum Gasteiger partial charge on any atom is 0.416 e. The largest absolute Gasteiger partial charge is 0.416 e. The third-order valence-electron chi connectivity index (χ3n) is 1.76. The number of carbonyl (C=O) groups is 1. The van der Waals surface area contributed by atoms with E-state index in [9.17, 15) is 26.7 Å². The molecule has 15 heavy (non-hydrogen) atoms. The molecule has 0 radical (unpaired) electrons. The van der Waals surface area contributed by atoms with Crippen molar-refractivity contribution < 1.29 is 26.7 Å². The molecular weight excluding hydrogens is 219 g/mol. The van der Waals surface area contributed by atoms with E-state index in [1.54, 1.807) is 0 Å². The van der Waals surface area contributed by atoms with E-state index in [1.165, 1.54) is 0 Å². The third kappa shape index (κ3) is 2.51. The molecule has 0 spiro atoms. The monoisotopic (exact) mass is 224 g/mol. The molecule has 0 aliphatic heterocycles. The molecule has 0 bridgehead atoms. The van der Waals surface area contributed by atoms with Gasteiger partial charge in [0.15, 0.2) is 0 Å². The van der Waals surface area contributed by atoms with Crippen molar-refractivity contribution in [3.05, 3.63) is 34.9 Å². The lowest BCUT2D eigenvalue weighted by Gasteiger charge is -2.08. The van der Waals surface area contributed by atoms with Crippen LogP contribution < -0.4 is 0 Å². The highest BCUT2D eigenvalue weighted by Crippen LogP contribution is 2.31. The lowest BCUT2D eigenvalue weighted by Crippen LogP contribution is -2.08. The standard InChI is InChI=1S/C9H5F5O/c10-7-3-5(9(12,13)14)4-8(11)6(7)1-2-15/h2-4H,1H2. The van der Waals surface area contributed by atoms with Crippen molar-refractivity contribution in [3.63, 3.8) is 0 Å². The molecule has 1 nitrogen and oxygen atoms in total. The Kier molecular flexibility index (Phi) is 3.06. The van der Waals surface area contributed by atoms with E-state index in [2.05, 4.69) is 0 Å². The van der Waals surface area contributed by atoms with Crippen molar-refractivity contribution >= 4 is 6.29 Å². The maximum atomic E-state index is 12.9. The van der Waals surface area contributed by atoms with Gasteiger partial charge in [-0.3, -0.25) is 0 Å². The summed E-state index contributed by atoms with van der Waals surface area (Å²) in [6.07, 6.45) is -5.17. The zero-order valence-electron chi connectivity index (χ0n) is 7.24. The molecule has 0 aliphatic rings. The molecule has 0 heterocycles. The van der Waals surface area contributed by atoms with Gasteiger partial charge in [0.05, 0.1) is 5.56 Å². The fourth-order valence-electron chi connectivity index (χ4n) is 1.05. The smallest absolute Gasteiger partial charge is 0.303 e. The van der Waals surface area contributed by atoms with Crippen LogP contribution in [-0.2, 0) is 17.4 Å². The first-order valence-corrected chi connectivity index (χ1v) is 3.85. The molecule has 0 atom stereocenters. The Morgan fingerprint density at radius 3 is 1.93 bits per heavy atom. The molecule has 0 aromatic heterocycles. The minimum absolute atomic E-state index is 0.169. The SMILES string of the molecule is O=CCc1c(F)cc(C(F)(F)F)cc1F. The average Bonchev–Trinajstić information content (AvgIpc) is 2.09. The summed E-state index contributed by atoms with van der Waals surface area (Å²) in [4.78, 5) is 10.0. The van der Waals surface area contributed by atoms with E-state index < -0.39 is 35.4 Å². The number of hydrogen-bond donors (Lipinski definition) is 0.